The highest BCUT2D eigenvalue weighted by Gasteiger charge is 2.27. The molecule has 10 rings (SSSR count). The number of nitrogens with two attached hydrogens (primary N) is 1. The minimum atomic E-state index is 0.0711. The quantitative estimate of drug-likeness (QED) is 0.0412. The minimum Gasteiger partial charge on any atom is -0.459 e. The molecule has 2 fully saturated rings. The monoisotopic (exact) mass is 779 g/mol. The average Bonchev–Trinajstić information content (AvgIpc) is 4.08. The molecule has 294 valence electrons. The summed E-state index contributed by atoms with van der Waals surface area (Å²) in [6.45, 7) is 7.01. The smallest absolute Gasteiger partial charge is 0.229 e. The van der Waals surface area contributed by atoms with Gasteiger partial charge in [0.15, 0.2) is 22.8 Å². The Morgan fingerprint density at radius 2 is 1.22 bits per heavy atom. The van der Waals surface area contributed by atoms with Crippen molar-refractivity contribution >= 4 is 84.7 Å². The lowest BCUT2D eigenvalue weighted by Gasteiger charge is -2.32. The molecule has 0 radical (unpaired) electrons. The first-order valence-corrected chi connectivity index (χ1v) is 19.1. The summed E-state index contributed by atoms with van der Waals surface area (Å²) in [5.74, 6) is 2.98. The zero-order chi connectivity index (χ0) is 39.8. The number of amidine groups is 1. The van der Waals surface area contributed by atoms with E-state index >= 15 is 0 Å². The van der Waals surface area contributed by atoms with Crippen molar-refractivity contribution in [3.63, 3.8) is 0 Å². The number of aromatic nitrogens is 8. The van der Waals surface area contributed by atoms with Crippen LogP contribution in [0.25, 0.3) is 44.0 Å². The number of anilines is 6. The Kier molecular flexibility index (Phi) is 9.53. The highest BCUT2D eigenvalue weighted by atomic mass is 16.4. The van der Waals surface area contributed by atoms with E-state index in [1.165, 1.54) is 0 Å². The number of nitrogens with one attached hydrogen (secondary N) is 4. The summed E-state index contributed by atoms with van der Waals surface area (Å²) in [4.78, 5) is 23.0. The Labute approximate surface area is 331 Å². The van der Waals surface area contributed by atoms with Crippen molar-refractivity contribution in [2.24, 2.45) is 22.7 Å². The molecule has 7 N–H and O–H groups in total. The topological polar surface area (TPSA) is 248 Å². The van der Waals surface area contributed by atoms with Crippen LogP contribution in [0.4, 0.5) is 34.9 Å². The van der Waals surface area contributed by atoms with Crippen molar-refractivity contribution in [1.82, 2.24) is 40.3 Å². The van der Waals surface area contributed by atoms with Crippen molar-refractivity contribution in [3.8, 4) is 6.07 Å². The highest BCUT2D eigenvalue weighted by Crippen LogP contribution is 2.33. The van der Waals surface area contributed by atoms with Crippen molar-refractivity contribution in [3.05, 3.63) is 72.4 Å². The molecular weight excluding hydrogens is 739 g/mol. The van der Waals surface area contributed by atoms with Gasteiger partial charge < -0.3 is 40.2 Å². The third-order valence-corrected chi connectivity index (χ3v) is 10.9. The molecular formula is C40H41N15O3. The molecule has 6 aromatic heterocycles. The normalized spacial score (nSPS) is 15.6. The Morgan fingerprint density at radius 3 is 1.69 bits per heavy atom. The number of hydrogen-bond donors (Lipinski definition) is 6. The van der Waals surface area contributed by atoms with E-state index in [2.05, 4.69) is 62.0 Å². The number of nitrogens with zero attached hydrogens (tertiary/aromatic N) is 10. The zero-order valence-corrected chi connectivity index (χ0v) is 31.9. The van der Waals surface area contributed by atoms with Gasteiger partial charge in [-0.2, -0.15) is 25.4 Å². The maximum atomic E-state index is 9.14. The molecule has 2 aliphatic heterocycles. The van der Waals surface area contributed by atoms with Crippen LogP contribution in [0.2, 0.25) is 0 Å². The van der Waals surface area contributed by atoms with Gasteiger partial charge in [-0.05, 0) is 75.9 Å². The van der Waals surface area contributed by atoms with Gasteiger partial charge in [0.05, 0.1) is 29.6 Å². The summed E-state index contributed by atoms with van der Waals surface area (Å²) in [6.07, 6.45) is 6.48. The predicted molar refractivity (Wildman–Crippen MR) is 221 cm³/mol. The molecule has 8 heterocycles. The van der Waals surface area contributed by atoms with Gasteiger partial charge in [-0.25, -0.2) is 9.97 Å². The van der Waals surface area contributed by atoms with E-state index in [0.717, 1.165) is 119 Å². The second-order valence-corrected chi connectivity index (χ2v) is 14.6. The lowest BCUT2D eigenvalue weighted by Crippen LogP contribution is -2.39. The number of nitriles is 1. The second-order valence-electron chi connectivity index (χ2n) is 14.6. The van der Waals surface area contributed by atoms with Crippen LogP contribution in [0.5, 0.6) is 0 Å². The van der Waals surface area contributed by atoms with E-state index in [4.69, 9.17) is 35.0 Å². The maximum absolute atomic E-state index is 9.14. The first kappa shape index (κ1) is 36.2. The highest BCUT2D eigenvalue weighted by molar-refractivity contribution is 5.89. The number of H-pyrrole nitrogens is 2. The number of benzene rings is 2. The summed E-state index contributed by atoms with van der Waals surface area (Å²) < 4.78 is 11.3. The SMILES string of the molecule is Cc1[nH]nc2cc(Nc3nc(N4CCC(/C(N)=N\O)CC4)c4occc4n3)ccc12.Cc1[nH]nc2cc(Nc3nc(N4CCC(C#N)CC4)c4occc4n3)ccc12. The van der Waals surface area contributed by atoms with E-state index < -0.39 is 0 Å². The van der Waals surface area contributed by atoms with Crippen LogP contribution in [-0.2, 0) is 0 Å². The van der Waals surface area contributed by atoms with E-state index in [1.54, 1.807) is 12.5 Å². The molecule has 0 spiro atoms. The van der Waals surface area contributed by atoms with Gasteiger partial charge in [0, 0.05) is 83.7 Å². The fraction of sp³-hybridized carbons (Fsp3) is 0.300. The van der Waals surface area contributed by atoms with E-state index in [1.807, 2.05) is 62.4 Å². The zero-order valence-electron chi connectivity index (χ0n) is 31.9. The molecule has 2 aliphatic rings. The van der Waals surface area contributed by atoms with Crippen LogP contribution in [-0.4, -0.2) is 77.6 Å². The van der Waals surface area contributed by atoms with Crippen molar-refractivity contribution in [2.75, 3.05) is 46.6 Å². The van der Waals surface area contributed by atoms with Gasteiger partial charge in [-0.3, -0.25) is 10.2 Å². The largest absolute Gasteiger partial charge is 0.459 e. The molecule has 0 unspecified atom stereocenters. The summed E-state index contributed by atoms with van der Waals surface area (Å²) in [5, 5.41) is 44.6. The molecule has 18 nitrogen and oxygen atoms in total. The van der Waals surface area contributed by atoms with Gasteiger partial charge in [0.2, 0.25) is 11.9 Å². The Balaban J connectivity index is 0.000000151. The lowest BCUT2D eigenvalue weighted by atomic mass is 9.96. The van der Waals surface area contributed by atoms with Gasteiger partial charge in [-0.15, -0.1) is 0 Å². The first-order chi connectivity index (χ1) is 28.3. The molecule has 18 heteroatoms. The Hall–Kier alpha value is -7.42. The maximum Gasteiger partial charge on any atom is 0.229 e. The summed E-state index contributed by atoms with van der Waals surface area (Å²) in [5.41, 5.74) is 14.2. The Morgan fingerprint density at radius 1 is 0.741 bits per heavy atom. The number of piperidine rings is 2. The lowest BCUT2D eigenvalue weighted by molar-refractivity contribution is 0.311. The molecule has 8 aromatic rings. The van der Waals surface area contributed by atoms with Crippen LogP contribution in [0.1, 0.15) is 37.1 Å². The fourth-order valence-corrected chi connectivity index (χ4v) is 7.63. The molecule has 2 aromatic carbocycles. The van der Waals surface area contributed by atoms with Crippen molar-refractivity contribution in [2.45, 2.75) is 39.5 Å². The van der Waals surface area contributed by atoms with Crippen LogP contribution < -0.4 is 26.2 Å². The average molecular weight is 780 g/mol. The molecule has 58 heavy (non-hydrogen) atoms. The summed E-state index contributed by atoms with van der Waals surface area (Å²) >= 11 is 0. The molecule has 0 aliphatic carbocycles. The van der Waals surface area contributed by atoms with Crippen molar-refractivity contribution < 1.29 is 14.0 Å². The number of hydrogen-bond acceptors (Lipinski definition) is 15. The number of aryl methyl sites for hydroxylation is 2. The van der Waals surface area contributed by atoms with Gasteiger partial charge in [0.1, 0.15) is 16.9 Å². The summed E-state index contributed by atoms with van der Waals surface area (Å²) in [6, 6.07) is 18.0. The van der Waals surface area contributed by atoms with E-state index in [0.29, 0.717) is 23.1 Å². The number of aromatic amines is 2. The Bertz CT molecular complexity index is 2810. The standard InChI is InChI=1S/C20H22N8O2.C20H19N7O/c1-11-14-3-2-13(10-16(14)26-25-11)22-20-23-15-6-9-30-17(15)19(24-20)28-7-4-12(5-8-28)18(21)27-29;1-12-15-3-2-14(10-17(15)26-25-12)22-20-23-16-6-9-28-18(16)19(24-20)27-7-4-13(11-21)5-8-27/h2-3,6,9-10,12,29H,4-5,7-8H2,1H3,(H2,21,27)(H,25,26)(H,22,23,24);2-3,6,9-10,13H,4-5,7-8H2,1H3,(H,25,26)(H,22,23,24). The van der Waals surface area contributed by atoms with Crippen LogP contribution in [0.3, 0.4) is 0 Å². The van der Waals surface area contributed by atoms with E-state index in [9.17, 15) is 0 Å². The predicted octanol–water partition coefficient (Wildman–Crippen LogP) is 7.01. The molecule has 0 atom stereocenters. The molecule has 0 bridgehead atoms. The molecule has 2 saturated heterocycles. The van der Waals surface area contributed by atoms with Crippen LogP contribution in [0, 0.1) is 37.0 Å². The van der Waals surface area contributed by atoms with Crippen LogP contribution in [0.15, 0.2) is 75.0 Å². The van der Waals surface area contributed by atoms with Crippen molar-refractivity contribution in [1.29, 1.82) is 5.26 Å². The summed E-state index contributed by atoms with van der Waals surface area (Å²) in [7, 11) is 0. The van der Waals surface area contributed by atoms with Gasteiger partial charge >= 0.3 is 0 Å². The first-order valence-electron chi connectivity index (χ1n) is 19.1. The molecule has 0 saturated carbocycles. The minimum absolute atomic E-state index is 0.0711. The third-order valence-electron chi connectivity index (χ3n) is 10.9. The number of fused-ring (bicyclic) bond motifs is 4. The fourth-order valence-electron chi connectivity index (χ4n) is 7.63. The number of rotatable bonds is 7. The second kappa shape index (κ2) is 15.3. The van der Waals surface area contributed by atoms with E-state index in [-0.39, 0.29) is 17.7 Å². The van der Waals surface area contributed by atoms with Gasteiger partial charge in [0.25, 0.3) is 0 Å². The number of oxime groups is 1. The molecule has 0 amide bonds. The third kappa shape index (κ3) is 7.09. The van der Waals surface area contributed by atoms with Crippen LogP contribution >= 0.6 is 0 Å². The number of furan rings is 2. The van der Waals surface area contributed by atoms with Gasteiger partial charge in [-0.1, -0.05) is 5.16 Å².